The minimum Gasteiger partial charge on any atom is -0.472 e. The summed E-state index contributed by atoms with van der Waals surface area (Å²) in [5.74, 6) is 3.45. The van der Waals surface area contributed by atoms with E-state index < -0.39 is 5.97 Å². The second-order valence-corrected chi connectivity index (χ2v) is 2.85. The van der Waals surface area contributed by atoms with E-state index in [1.165, 1.54) is 0 Å². The Morgan fingerprint density at radius 1 is 1.54 bits per heavy atom. The predicted molar refractivity (Wildman–Crippen MR) is 50.6 cm³/mol. The Morgan fingerprint density at radius 2 is 2.31 bits per heavy atom. The van der Waals surface area contributed by atoms with Crippen LogP contribution in [-0.4, -0.2) is 11.1 Å². The Bertz CT molecular complexity index is 374. The van der Waals surface area contributed by atoms with Crippen LogP contribution in [0.3, 0.4) is 0 Å². The Balaban J connectivity index is 2.66. The van der Waals surface area contributed by atoms with E-state index in [9.17, 15) is 4.79 Å². The lowest BCUT2D eigenvalue weighted by molar-refractivity contribution is -0.130. The second-order valence-electron chi connectivity index (χ2n) is 2.41. The summed E-state index contributed by atoms with van der Waals surface area (Å²) >= 11 is 5.72. The smallest absolute Gasteiger partial charge is 0.381 e. The SMILES string of the molecule is O=C(O)C#CCc1cccc(Cl)c1. The number of aliphatic carboxylic acids is 1. The second kappa shape index (κ2) is 4.54. The van der Waals surface area contributed by atoms with Crippen molar-refractivity contribution in [1.29, 1.82) is 0 Å². The molecule has 0 aliphatic heterocycles. The molecule has 0 saturated heterocycles. The van der Waals surface area contributed by atoms with Crippen molar-refractivity contribution in [2.45, 2.75) is 6.42 Å². The molecule has 1 aromatic rings. The molecule has 1 N–H and O–H groups in total. The maximum Gasteiger partial charge on any atom is 0.381 e. The van der Waals surface area contributed by atoms with Crippen LogP contribution in [0, 0.1) is 11.8 Å². The third kappa shape index (κ3) is 3.64. The molecule has 0 bridgehead atoms. The van der Waals surface area contributed by atoms with Crippen LogP contribution in [0.1, 0.15) is 5.56 Å². The molecule has 0 radical (unpaired) electrons. The molecule has 0 aromatic heterocycles. The molecule has 0 fully saturated rings. The molecule has 1 rings (SSSR count). The quantitative estimate of drug-likeness (QED) is 0.694. The topological polar surface area (TPSA) is 37.3 Å². The zero-order valence-corrected chi connectivity index (χ0v) is 7.51. The van der Waals surface area contributed by atoms with Gasteiger partial charge in [0.15, 0.2) is 0 Å². The van der Waals surface area contributed by atoms with Gasteiger partial charge in [-0.05, 0) is 17.7 Å². The van der Waals surface area contributed by atoms with E-state index in [0.717, 1.165) is 5.56 Å². The van der Waals surface area contributed by atoms with Gasteiger partial charge in [0.2, 0.25) is 0 Å². The molecule has 0 spiro atoms. The van der Waals surface area contributed by atoms with Gasteiger partial charge in [-0.25, -0.2) is 4.79 Å². The molecule has 0 aliphatic carbocycles. The van der Waals surface area contributed by atoms with E-state index in [0.29, 0.717) is 11.4 Å². The van der Waals surface area contributed by atoms with Gasteiger partial charge < -0.3 is 5.11 Å². The summed E-state index contributed by atoms with van der Waals surface area (Å²) in [6, 6.07) is 7.18. The number of carboxylic acid groups (broad SMARTS) is 1. The van der Waals surface area contributed by atoms with Gasteiger partial charge in [-0.2, -0.15) is 0 Å². The zero-order chi connectivity index (χ0) is 9.68. The average molecular weight is 195 g/mol. The van der Waals surface area contributed by atoms with Crippen molar-refractivity contribution in [2.24, 2.45) is 0 Å². The van der Waals surface area contributed by atoms with E-state index in [2.05, 4.69) is 5.92 Å². The summed E-state index contributed by atoms with van der Waals surface area (Å²) in [5, 5.41) is 8.88. The van der Waals surface area contributed by atoms with Crippen LogP contribution in [0.2, 0.25) is 5.02 Å². The predicted octanol–water partition coefficient (Wildman–Crippen LogP) is 1.97. The molecule has 0 heterocycles. The number of carboxylic acids is 1. The lowest BCUT2D eigenvalue weighted by atomic mass is 10.2. The summed E-state index contributed by atoms with van der Waals surface area (Å²) in [6.45, 7) is 0. The standard InChI is InChI=1S/C10H7ClO2/c11-9-5-1-3-8(7-9)4-2-6-10(12)13/h1,3,5,7H,4H2,(H,12,13). The fraction of sp³-hybridized carbons (Fsp3) is 0.100. The van der Waals surface area contributed by atoms with Crippen molar-refractivity contribution < 1.29 is 9.90 Å². The third-order valence-electron chi connectivity index (χ3n) is 1.38. The number of benzene rings is 1. The molecule has 0 unspecified atom stereocenters. The normalized spacial score (nSPS) is 8.69. The van der Waals surface area contributed by atoms with Crippen LogP contribution < -0.4 is 0 Å². The highest BCUT2D eigenvalue weighted by Crippen LogP contribution is 2.10. The van der Waals surface area contributed by atoms with Crippen LogP contribution in [0.4, 0.5) is 0 Å². The Hall–Kier alpha value is -1.46. The molecular formula is C10H7ClO2. The van der Waals surface area contributed by atoms with Crippen molar-refractivity contribution in [3.8, 4) is 11.8 Å². The van der Waals surface area contributed by atoms with Gasteiger partial charge in [-0.15, -0.1) is 0 Å². The highest BCUT2D eigenvalue weighted by Gasteiger charge is 1.91. The molecule has 1 aromatic carbocycles. The van der Waals surface area contributed by atoms with Crippen LogP contribution in [-0.2, 0) is 11.2 Å². The zero-order valence-electron chi connectivity index (χ0n) is 6.75. The summed E-state index contributed by atoms with van der Waals surface area (Å²) in [4.78, 5) is 10.1. The van der Waals surface area contributed by atoms with Gasteiger partial charge >= 0.3 is 5.97 Å². The first-order valence-electron chi connectivity index (χ1n) is 3.65. The van der Waals surface area contributed by atoms with Gasteiger partial charge in [0.25, 0.3) is 0 Å². The first-order chi connectivity index (χ1) is 6.18. The van der Waals surface area contributed by atoms with E-state index >= 15 is 0 Å². The first kappa shape index (κ1) is 9.63. The molecule has 0 aliphatic rings. The average Bonchev–Trinajstić information content (AvgIpc) is 2.03. The van der Waals surface area contributed by atoms with Crippen molar-refractivity contribution >= 4 is 17.6 Å². The van der Waals surface area contributed by atoms with Crippen LogP contribution >= 0.6 is 11.6 Å². The number of carbonyl (C=O) groups is 1. The van der Waals surface area contributed by atoms with Gasteiger partial charge in [-0.1, -0.05) is 29.7 Å². The lowest BCUT2D eigenvalue weighted by Crippen LogP contribution is -1.88. The largest absolute Gasteiger partial charge is 0.472 e. The van der Waals surface area contributed by atoms with Crippen LogP contribution in [0.5, 0.6) is 0 Å². The van der Waals surface area contributed by atoms with Gasteiger partial charge in [0, 0.05) is 17.4 Å². The van der Waals surface area contributed by atoms with E-state index in [4.69, 9.17) is 16.7 Å². The summed E-state index contributed by atoms with van der Waals surface area (Å²) in [7, 11) is 0. The summed E-state index contributed by atoms with van der Waals surface area (Å²) in [5.41, 5.74) is 0.918. The van der Waals surface area contributed by atoms with E-state index in [1.807, 2.05) is 12.0 Å². The summed E-state index contributed by atoms with van der Waals surface area (Å²) in [6.07, 6.45) is 0.410. The van der Waals surface area contributed by atoms with Crippen molar-refractivity contribution in [1.82, 2.24) is 0 Å². The monoisotopic (exact) mass is 194 g/mol. The Labute approximate surface area is 81.1 Å². The number of hydrogen-bond acceptors (Lipinski definition) is 1. The highest BCUT2D eigenvalue weighted by atomic mass is 35.5. The maximum atomic E-state index is 10.1. The lowest BCUT2D eigenvalue weighted by Gasteiger charge is -1.93. The van der Waals surface area contributed by atoms with Gasteiger partial charge in [0.1, 0.15) is 0 Å². The van der Waals surface area contributed by atoms with Gasteiger partial charge in [-0.3, -0.25) is 0 Å². The molecule has 2 nitrogen and oxygen atoms in total. The van der Waals surface area contributed by atoms with E-state index in [1.54, 1.807) is 18.2 Å². The minimum atomic E-state index is -1.11. The Morgan fingerprint density at radius 3 is 2.92 bits per heavy atom. The highest BCUT2D eigenvalue weighted by molar-refractivity contribution is 6.30. The van der Waals surface area contributed by atoms with Gasteiger partial charge in [0.05, 0.1) is 0 Å². The van der Waals surface area contributed by atoms with Crippen LogP contribution in [0.25, 0.3) is 0 Å². The molecule has 13 heavy (non-hydrogen) atoms. The fourth-order valence-electron chi connectivity index (χ4n) is 0.869. The number of rotatable bonds is 1. The van der Waals surface area contributed by atoms with Crippen LogP contribution in [0.15, 0.2) is 24.3 Å². The van der Waals surface area contributed by atoms with Crippen molar-refractivity contribution in [2.75, 3.05) is 0 Å². The van der Waals surface area contributed by atoms with E-state index in [-0.39, 0.29) is 0 Å². The minimum absolute atomic E-state index is 0.410. The fourth-order valence-corrected chi connectivity index (χ4v) is 1.08. The summed E-state index contributed by atoms with van der Waals surface area (Å²) < 4.78 is 0. The third-order valence-corrected chi connectivity index (χ3v) is 1.61. The first-order valence-corrected chi connectivity index (χ1v) is 4.02. The molecule has 0 saturated carbocycles. The van der Waals surface area contributed by atoms with Crippen molar-refractivity contribution in [3.63, 3.8) is 0 Å². The molecule has 0 atom stereocenters. The molecule has 0 amide bonds. The molecular weight excluding hydrogens is 188 g/mol. The van der Waals surface area contributed by atoms with Crippen molar-refractivity contribution in [3.05, 3.63) is 34.9 Å². The molecule has 3 heteroatoms. The maximum absolute atomic E-state index is 10.1. The number of hydrogen-bond donors (Lipinski definition) is 1. The number of halogens is 1. The molecule has 66 valence electrons. The Kier molecular flexibility index (Phi) is 3.36.